The Labute approximate surface area is 131 Å². The van der Waals surface area contributed by atoms with Gasteiger partial charge in [-0.15, -0.1) is 0 Å². The number of aromatic nitrogens is 2. The zero-order valence-electron chi connectivity index (χ0n) is 12.0. The Balaban J connectivity index is 2.50. The Morgan fingerprint density at radius 3 is 2.71 bits per heavy atom. The zero-order chi connectivity index (χ0) is 15.4. The predicted molar refractivity (Wildman–Crippen MR) is 82.1 cm³/mol. The van der Waals surface area contributed by atoms with Crippen molar-refractivity contribution in [2.75, 3.05) is 6.54 Å². The molecule has 6 heteroatoms. The first-order chi connectivity index (χ1) is 10.1. The van der Waals surface area contributed by atoms with Gasteiger partial charge in [-0.05, 0) is 35.0 Å². The van der Waals surface area contributed by atoms with E-state index in [-0.39, 0.29) is 6.04 Å². The molecular weight excluding hydrogens is 340 g/mol. The Morgan fingerprint density at radius 1 is 1.33 bits per heavy atom. The molecule has 0 radical (unpaired) electrons. The third-order valence-corrected chi connectivity index (χ3v) is 3.83. The number of nitrogens with one attached hydrogen (secondary N) is 1. The third kappa shape index (κ3) is 3.49. The number of rotatable bonds is 6. The topological polar surface area (TPSA) is 29.9 Å². The molecule has 1 aromatic carbocycles. The maximum atomic E-state index is 14.1. The van der Waals surface area contributed by atoms with Gasteiger partial charge < -0.3 is 5.32 Å². The maximum absolute atomic E-state index is 14.1. The highest BCUT2D eigenvalue weighted by Gasteiger charge is 2.23. The summed E-state index contributed by atoms with van der Waals surface area (Å²) in [7, 11) is 0. The van der Waals surface area contributed by atoms with Crippen LogP contribution in [0.15, 0.2) is 28.9 Å². The fraction of sp³-hybridized carbons (Fsp3) is 0.400. The molecule has 21 heavy (non-hydrogen) atoms. The quantitative estimate of drug-likeness (QED) is 0.845. The van der Waals surface area contributed by atoms with Crippen LogP contribution < -0.4 is 5.32 Å². The number of aryl methyl sites for hydroxylation is 1. The van der Waals surface area contributed by atoms with Gasteiger partial charge in [0.1, 0.15) is 11.6 Å². The van der Waals surface area contributed by atoms with Crippen LogP contribution in [0.25, 0.3) is 0 Å². The fourth-order valence-electron chi connectivity index (χ4n) is 2.34. The van der Waals surface area contributed by atoms with Gasteiger partial charge in [-0.1, -0.05) is 19.9 Å². The number of benzene rings is 1. The lowest BCUT2D eigenvalue weighted by Gasteiger charge is -2.21. The highest BCUT2D eigenvalue weighted by Crippen LogP contribution is 2.30. The molecule has 0 amide bonds. The van der Waals surface area contributed by atoms with Crippen LogP contribution in [0.3, 0.4) is 0 Å². The highest BCUT2D eigenvalue weighted by atomic mass is 79.9. The minimum absolute atomic E-state index is 0.376. The number of hydrogen-bond acceptors (Lipinski definition) is 2. The van der Waals surface area contributed by atoms with Gasteiger partial charge in [0.05, 0.1) is 22.4 Å². The standard InChI is InChI=1S/C15H18BrF2N3/c1-3-7-21-15(12(16)9-20-21)14(19-4-2)11-6-5-10(17)8-13(11)18/h5-6,8-9,14,19H,3-4,7H2,1-2H3. The van der Waals surface area contributed by atoms with Crippen molar-refractivity contribution >= 4 is 15.9 Å². The average Bonchev–Trinajstić information content (AvgIpc) is 2.79. The van der Waals surface area contributed by atoms with Gasteiger partial charge in [-0.2, -0.15) is 5.10 Å². The summed E-state index contributed by atoms with van der Waals surface area (Å²) in [4.78, 5) is 0. The van der Waals surface area contributed by atoms with Crippen molar-refractivity contribution in [2.45, 2.75) is 32.9 Å². The van der Waals surface area contributed by atoms with E-state index in [2.05, 4.69) is 33.3 Å². The fourth-order valence-corrected chi connectivity index (χ4v) is 2.87. The summed E-state index contributed by atoms with van der Waals surface area (Å²) in [6.07, 6.45) is 2.63. The van der Waals surface area contributed by atoms with Crippen LogP contribution in [0.4, 0.5) is 8.78 Å². The van der Waals surface area contributed by atoms with E-state index in [0.717, 1.165) is 29.2 Å². The van der Waals surface area contributed by atoms with Crippen LogP contribution in [0.1, 0.15) is 37.6 Å². The lowest BCUT2D eigenvalue weighted by molar-refractivity contribution is 0.496. The molecule has 0 aliphatic carbocycles. The summed E-state index contributed by atoms with van der Waals surface area (Å²) >= 11 is 3.47. The van der Waals surface area contributed by atoms with Crippen molar-refractivity contribution in [3.8, 4) is 0 Å². The third-order valence-electron chi connectivity index (χ3n) is 3.22. The van der Waals surface area contributed by atoms with Crippen molar-refractivity contribution in [2.24, 2.45) is 0 Å². The summed E-state index contributed by atoms with van der Waals surface area (Å²) in [6.45, 7) is 5.40. The summed E-state index contributed by atoms with van der Waals surface area (Å²) in [5.41, 5.74) is 1.26. The number of hydrogen-bond donors (Lipinski definition) is 1. The maximum Gasteiger partial charge on any atom is 0.131 e. The van der Waals surface area contributed by atoms with Crippen LogP contribution >= 0.6 is 15.9 Å². The second-order valence-corrected chi connectivity index (χ2v) is 5.61. The highest BCUT2D eigenvalue weighted by molar-refractivity contribution is 9.10. The first-order valence-corrected chi connectivity index (χ1v) is 7.77. The molecule has 0 spiro atoms. The van der Waals surface area contributed by atoms with E-state index in [4.69, 9.17) is 0 Å². The Kier molecular flexibility index (Phi) is 5.47. The van der Waals surface area contributed by atoms with Crippen LogP contribution in [-0.2, 0) is 6.54 Å². The van der Waals surface area contributed by atoms with Crippen molar-refractivity contribution in [3.63, 3.8) is 0 Å². The Morgan fingerprint density at radius 2 is 2.10 bits per heavy atom. The molecule has 0 fully saturated rings. The zero-order valence-corrected chi connectivity index (χ0v) is 13.6. The van der Waals surface area contributed by atoms with Gasteiger partial charge in [-0.25, -0.2) is 8.78 Å². The molecule has 1 unspecified atom stereocenters. The molecular formula is C15H18BrF2N3. The molecule has 0 aliphatic rings. The van der Waals surface area contributed by atoms with Crippen LogP contribution in [-0.4, -0.2) is 16.3 Å². The van der Waals surface area contributed by atoms with E-state index in [1.54, 1.807) is 6.20 Å². The predicted octanol–water partition coefficient (Wildman–Crippen LogP) is 4.03. The van der Waals surface area contributed by atoms with Gasteiger partial charge in [0.15, 0.2) is 0 Å². The summed E-state index contributed by atoms with van der Waals surface area (Å²) < 4.78 is 29.9. The molecule has 0 saturated carbocycles. The summed E-state index contributed by atoms with van der Waals surface area (Å²) in [5.74, 6) is -1.13. The Hall–Kier alpha value is -1.27. The molecule has 0 bridgehead atoms. The van der Waals surface area contributed by atoms with Crippen LogP contribution in [0.5, 0.6) is 0 Å². The normalized spacial score (nSPS) is 12.6. The van der Waals surface area contributed by atoms with Crippen molar-refractivity contribution in [1.29, 1.82) is 0 Å². The number of halogens is 3. The van der Waals surface area contributed by atoms with Crippen molar-refractivity contribution < 1.29 is 8.78 Å². The molecule has 3 nitrogen and oxygen atoms in total. The largest absolute Gasteiger partial charge is 0.305 e. The molecule has 114 valence electrons. The van der Waals surface area contributed by atoms with Gasteiger partial charge >= 0.3 is 0 Å². The first kappa shape index (κ1) is 16.1. The van der Waals surface area contributed by atoms with E-state index in [1.807, 2.05) is 11.6 Å². The second kappa shape index (κ2) is 7.13. The lowest BCUT2D eigenvalue weighted by atomic mass is 10.0. The molecule has 1 heterocycles. The van der Waals surface area contributed by atoms with E-state index < -0.39 is 11.6 Å². The van der Waals surface area contributed by atoms with E-state index in [0.29, 0.717) is 12.1 Å². The minimum atomic E-state index is -0.576. The molecule has 1 N–H and O–H groups in total. The number of nitrogens with zero attached hydrogens (tertiary/aromatic N) is 2. The molecule has 2 rings (SSSR count). The molecule has 0 aliphatic heterocycles. The SMILES string of the molecule is CCCn1ncc(Br)c1C(NCC)c1ccc(F)cc1F. The average molecular weight is 358 g/mol. The van der Waals surface area contributed by atoms with Gasteiger partial charge in [0.2, 0.25) is 0 Å². The second-order valence-electron chi connectivity index (χ2n) is 4.76. The monoisotopic (exact) mass is 357 g/mol. The molecule has 2 aromatic rings. The van der Waals surface area contributed by atoms with Crippen LogP contribution in [0, 0.1) is 11.6 Å². The van der Waals surface area contributed by atoms with E-state index in [1.165, 1.54) is 12.1 Å². The molecule has 0 saturated heterocycles. The summed E-state index contributed by atoms with van der Waals surface area (Å²) in [5, 5.41) is 7.56. The lowest BCUT2D eigenvalue weighted by Crippen LogP contribution is -2.26. The minimum Gasteiger partial charge on any atom is -0.305 e. The smallest absolute Gasteiger partial charge is 0.131 e. The summed E-state index contributed by atoms with van der Waals surface area (Å²) in [6, 6.07) is 3.29. The van der Waals surface area contributed by atoms with Gasteiger partial charge in [-0.3, -0.25) is 4.68 Å². The van der Waals surface area contributed by atoms with Crippen LogP contribution in [0.2, 0.25) is 0 Å². The van der Waals surface area contributed by atoms with Crippen molar-refractivity contribution in [3.05, 3.63) is 51.8 Å². The van der Waals surface area contributed by atoms with Gasteiger partial charge in [0, 0.05) is 18.2 Å². The first-order valence-electron chi connectivity index (χ1n) is 6.98. The van der Waals surface area contributed by atoms with E-state index >= 15 is 0 Å². The van der Waals surface area contributed by atoms with Crippen molar-refractivity contribution in [1.82, 2.24) is 15.1 Å². The molecule has 1 atom stereocenters. The molecule has 1 aromatic heterocycles. The van der Waals surface area contributed by atoms with Gasteiger partial charge in [0.25, 0.3) is 0 Å². The van der Waals surface area contributed by atoms with E-state index in [9.17, 15) is 8.78 Å². The Bertz CT molecular complexity index is 613.